The SMILES string of the molecule is CCCNc1ccnc(C(=O)N(C)CC2(O)CCCC2)c1. The van der Waals surface area contributed by atoms with Crippen LogP contribution in [0.5, 0.6) is 0 Å². The quantitative estimate of drug-likeness (QED) is 0.844. The van der Waals surface area contributed by atoms with Crippen LogP contribution in [0, 0.1) is 0 Å². The van der Waals surface area contributed by atoms with Crippen LogP contribution in [-0.4, -0.2) is 46.6 Å². The minimum atomic E-state index is -0.720. The minimum absolute atomic E-state index is 0.143. The van der Waals surface area contributed by atoms with Crippen molar-refractivity contribution in [3.63, 3.8) is 0 Å². The van der Waals surface area contributed by atoms with Crippen LogP contribution in [0.1, 0.15) is 49.5 Å². The second-order valence-electron chi connectivity index (χ2n) is 5.95. The molecule has 1 saturated carbocycles. The van der Waals surface area contributed by atoms with E-state index in [1.54, 1.807) is 24.2 Å². The van der Waals surface area contributed by atoms with Crippen molar-refractivity contribution in [1.29, 1.82) is 0 Å². The van der Waals surface area contributed by atoms with Gasteiger partial charge in [0, 0.05) is 32.0 Å². The molecule has 0 bridgehead atoms. The molecule has 116 valence electrons. The summed E-state index contributed by atoms with van der Waals surface area (Å²) >= 11 is 0. The Bertz CT molecular complexity index is 484. The van der Waals surface area contributed by atoms with Crippen molar-refractivity contribution in [2.24, 2.45) is 0 Å². The van der Waals surface area contributed by atoms with Crippen molar-refractivity contribution in [3.05, 3.63) is 24.0 Å². The third-order valence-corrected chi connectivity index (χ3v) is 3.97. The van der Waals surface area contributed by atoms with E-state index >= 15 is 0 Å². The third-order valence-electron chi connectivity index (χ3n) is 3.97. The molecule has 1 fully saturated rings. The molecule has 0 unspecified atom stereocenters. The Morgan fingerprint density at radius 1 is 1.48 bits per heavy atom. The van der Waals surface area contributed by atoms with Crippen LogP contribution in [0.3, 0.4) is 0 Å². The molecule has 1 aromatic heterocycles. The number of hydrogen-bond acceptors (Lipinski definition) is 4. The Kier molecular flexibility index (Phi) is 5.17. The summed E-state index contributed by atoms with van der Waals surface area (Å²) in [5.41, 5.74) is 0.603. The summed E-state index contributed by atoms with van der Waals surface area (Å²) < 4.78 is 0. The van der Waals surface area contributed by atoms with E-state index < -0.39 is 5.60 Å². The maximum absolute atomic E-state index is 12.4. The predicted octanol–water partition coefficient (Wildman–Crippen LogP) is 2.28. The zero-order valence-corrected chi connectivity index (χ0v) is 12.9. The number of carbonyl (C=O) groups is 1. The van der Waals surface area contributed by atoms with E-state index in [0.29, 0.717) is 12.2 Å². The fourth-order valence-corrected chi connectivity index (χ4v) is 2.83. The van der Waals surface area contributed by atoms with Gasteiger partial charge in [-0.3, -0.25) is 9.78 Å². The van der Waals surface area contributed by atoms with Gasteiger partial charge in [0.05, 0.1) is 5.60 Å². The van der Waals surface area contributed by atoms with E-state index in [1.807, 2.05) is 6.07 Å². The number of nitrogens with one attached hydrogen (secondary N) is 1. The molecule has 0 radical (unpaired) electrons. The average molecular weight is 291 g/mol. The number of aliphatic hydroxyl groups is 1. The van der Waals surface area contributed by atoms with Gasteiger partial charge in [-0.1, -0.05) is 19.8 Å². The maximum Gasteiger partial charge on any atom is 0.272 e. The molecule has 1 heterocycles. The smallest absolute Gasteiger partial charge is 0.272 e. The summed E-state index contributed by atoms with van der Waals surface area (Å²) in [6, 6.07) is 3.63. The fraction of sp³-hybridized carbons (Fsp3) is 0.625. The number of amides is 1. The molecular weight excluding hydrogens is 266 g/mol. The molecule has 0 aliphatic heterocycles. The molecule has 0 saturated heterocycles. The van der Waals surface area contributed by atoms with Gasteiger partial charge in [0.1, 0.15) is 5.69 Å². The first kappa shape index (κ1) is 15.8. The van der Waals surface area contributed by atoms with Crippen LogP contribution in [-0.2, 0) is 0 Å². The average Bonchev–Trinajstić information content (AvgIpc) is 2.90. The molecule has 1 aliphatic carbocycles. The van der Waals surface area contributed by atoms with Gasteiger partial charge in [-0.05, 0) is 31.4 Å². The molecular formula is C16H25N3O2. The van der Waals surface area contributed by atoms with Crippen LogP contribution < -0.4 is 5.32 Å². The van der Waals surface area contributed by atoms with Crippen molar-refractivity contribution < 1.29 is 9.90 Å². The molecule has 5 nitrogen and oxygen atoms in total. The lowest BCUT2D eigenvalue weighted by atomic mass is 10.0. The van der Waals surface area contributed by atoms with E-state index in [4.69, 9.17) is 0 Å². The molecule has 21 heavy (non-hydrogen) atoms. The normalized spacial score (nSPS) is 16.7. The number of pyridine rings is 1. The lowest BCUT2D eigenvalue weighted by Crippen LogP contribution is -2.42. The first-order chi connectivity index (χ1) is 10.0. The van der Waals surface area contributed by atoms with Gasteiger partial charge in [-0.25, -0.2) is 0 Å². The summed E-state index contributed by atoms with van der Waals surface area (Å²) in [6.45, 7) is 3.34. The van der Waals surface area contributed by atoms with Crippen molar-refractivity contribution in [2.75, 3.05) is 25.5 Å². The number of hydrogen-bond donors (Lipinski definition) is 2. The van der Waals surface area contributed by atoms with Gasteiger partial charge in [-0.15, -0.1) is 0 Å². The van der Waals surface area contributed by atoms with Crippen molar-refractivity contribution in [1.82, 2.24) is 9.88 Å². The molecule has 0 spiro atoms. The highest BCUT2D eigenvalue weighted by molar-refractivity contribution is 5.93. The molecule has 5 heteroatoms. The van der Waals surface area contributed by atoms with E-state index in [9.17, 15) is 9.90 Å². The van der Waals surface area contributed by atoms with Gasteiger partial charge in [0.25, 0.3) is 5.91 Å². The van der Waals surface area contributed by atoms with Crippen molar-refractivity contribution >= 4 is 11.6 Å². The van der Waals surface area contributed by atoms with Gasteiger partial charge < -0.3 is 15.3 Å². The van der Waals surface area contributed by atoms with Gasteiger partial charge in [0.15, 0.2) is 0 Å². The van der Waals surface area contributed by atoms with Crippen LogP contribution in [0.15, 0.2) is 18.3 Å². The molecule has 1 aliphatic rings. The summed E-state index contributed by atoms with van der Waals surface area (Å²) in [5, 5.41) is 13.7. The molecule has 0 atom stereocenters. The van der Waals surface area contributed by atoms with Crippen LogP contribution >= 0.6 is 0 Å². The highest BCUT2D eigenvalue weighted by atomic mass is 16.3. The minimum Gasteiger partial charge on any atom is -0.388 e. The fourth-order valence-electron chi connectivity index (χ4n) is 2.83. The predicted molar refractivity (Wildman–Crippen MR) is 83.4 cm³/mol. The molecule has 1 amide bonds. The van der Waals surface area contributed by atoms with Gasteiger partial charge in [0.2, 0.25) is 0 Å². The Labute approximate surface area is 126 Å². The molecule has 2 N–H and O–H groups in total. The summed E-state index contributed by atoms with van der Waals surface area (Å²) in [5.74, 6) is -0.143. The lowest BCUT2D eigenvalue weighted by molar-refractivity contribution is 0.0155. The monoisotopic (exact) mass is 291 g/mol. The summed E-state index contributed by atoms with van der Waals surface area (Å²) in [6.07, 6.45) is 6.29. The Morgan fingerprint density at radius 3 is 2.86 bits per heavy atom. The number of likely N-dealkylation sites (N-methyl/N-ethyl adjacent to an activating group) is 1. The Hall–Kier alpha value is -1.62. The number of carbonyl (C=O) groups excluding carboxylic acids is 1. The highest BCUT2D eigenvalue weighted by Crippen LogP contribution is 2.30. The zero-order valence-electron chi connectivity index (χ0n) is 12.9. The van der Waals surface area contributed by atoms with E-state index in [0.717, 1.165) is 44.3 Å². The van der Waals surface area contributed by atoms with Crippen LogP contribution in [0.25, 0.3) is 0 Å². The number of rotatable bonds is 6. The molecule has 0 aromatic carbocycles. The first-order valence-electron chi connectivity index (χ1n) is 7.72. The number of aromatic nitrogens is 1. The zero-order chi connectivity index (χ0) is 15.3. The Balaban J connectivity index is 2.01. The van der Waals surface area contributed by atoms with Crippen LogP contribution in [0.2, 0.25) is 0 Å². The summed E-state index contributed by atoms with van der Waals surface area (Å²) in [4.78, 5) is 18.2. The van der Waals surface area contributed by atoms with Gasteiger partial charge >= 0.3 is 0 Å². The Morgan fingerprint density at radius 2 is 2.19 bits per heavy atom. The van der Waals surface area contributed by atoms with Crippen molar-refractivity contribution in [3.8, 4) is 0 Å². The van der Waals surface area contributed by atoms with E-state index in [-0.39, 0.29) is 5.91 Å². The van der Waals surface area contributed by atoms with Crippen LogP contribution in [0.4, 0.5) is 5.69 Å². The van der Waals surface area contributed by atoms with E-state index in [1.165, 1.54) is 0 Å². The second kappa shape index (κ2) is 6.89. The highest BCUT2D eigenvalue weighted by Gasteiger charge is 2.33. The second-order valence-corrected chi connectivity index (χ2v) is 5.95. The third kappa shape index (κ3) is 4.17. The standard InChI is InChI=1S/C16H25N3O2/c1-3-9-17-13-6-10-18-14(11-13)15(20)19(2)12-16(21)7-4-5-8-16/h6,10-11,21H,3-5,7-9,12H2,1-2H3,(H,17,18). The summed E-state index contributed by atoms with van der Waals surface area (Å²) in [7, 11) is 1.73. The molecule has 1 aromatic rings. The molecule has 2 rings (SSSR count). The topological polar surface area (TPSA) is 65.5 Å². The number of nitrogens with zero attached hydrogens (tertiary/aromatic N) is 2. The lowest BCUT2D eigenvalue weighted by Gasteiger charge is -2.28. The maximum atomic E-state index is 12.4. The van der Waals surface area contributed by atoms with E-state index in [2.05, 4.69) is 17.2 Å². The number of anilines is 1. The van der Waals surface area contributed by atoms with Gasteiger partial charge in [-0.2, -0.15) is 0 Å². The largest absolute Gasteiger partial charge is 0.388 e. The van der Waals surface area contributed by atoms with Crippen molar-refractivity contribution in [2.45, 2.75) is 44.6 Å². The first-order valence-corrected chi connectivity index (χ1v) is 7.72.